The van der Waals surface area contributed by atoms with Gasteiger partial charge >= 0.3 is 0 Å². The fraction of sp³-hybridized carbons (Fsp3) is 0.533. The van der Waals surface area contributed by atoms with Crippen LogP contribution in [0, 0.1) is 12.8 Å². The minimum Gasteiger partial charge on any atom is -0.342 e. The number of benzene rings is 1. The lowest BCUT2D eigenvalue weighted by Gasteiger charge is -2.16. The van der Waals surface area contributed by atoms with Crippen molar-refractivity contribution in [3.63, 3.8) is 0 Å². The van der Waals surface area contributed by atoms with Gasteiger partial charge in [0.2, 0.25) is 5.91 Å². The average molecular weight is 246 g/mol. The summed E-state index contributed by atoms with van der Waals surface area (Å²) >= 11 is 0. The van der Waals surface area contributed by atoms with Crippen LogP contribution in [0.1, 0.15) is 17.5 Å². The van der Waals surface area contributed by atoms with E-state index >= 15 is 0 Å². The summed E-state index contributed by atoms with van der Waals surface area (Å²) in [5, 5.41) is 3.19. The lowest BCUT2D eigenvalue weighted by Crippen LogP contribution is -2.31. The van der Waals surface area contributed by atoms with E-state index in [0.717, 1.165) is 31.6 Å². The summed E-state index contributed by atoms with van der Waals surface area (Å²) in [6.45, 7) is 4.89. The first-order valence-corrected chi connectivity index (χ1v) is 6.67. The third-order valence-electron chi connectivity index (χ3n) is 3.61. The van der Waals surface area contributed by atoms with Gasteiger partial charge in [-0.05, 0) is 38.4 Å². The second kappa shape index (κ2) is 6.01. The highest BCUT2D eigenvalue weighted by atomic mass is 16.2. The maximum atomic E-state index is 12.2. The molecule has 0 aliphatic carbocycles. The molecule has 1 heterocycles. The molecule has 0 bridgehead atoms. The van der Waals surface area contributed by atoms with Crippen molar-refractivity contribution in [3.8, 4) is 0 Å². The van der Waals surface area contributed by atoms with Gasteiger partial charge in [-0.3, -0.25) is 4.79 Å². The molecule has 2 rings (SSSR count). The Bertz CT molecular complexity index is 399. The number of nitrogens with one attached hydrogen (secondary N) is 1. The number of amides is 1. The van der Waals surface area contributed by atoms with Crippen LogP contribution >= 0.6 is 0 Å². The quantitative estimate of drug-likeness (QED) is 0.875. The highest BCUT2D eigenvalue weighted by Crippen LogP contribution is 2.16. The van der Waals surface area contributed by atoms with Crippen LogP contribution in [0.3, 0.4) is 0 Å². The third kappa shape index (κ3) is 3.33. The highest BCUT2D eigenvalue weighted by molar-refractivity contribution is 5.79. The molecule has 1 N–H and O–H groups in total. The second-order valence-corrected chi connectivity index (χ2v) is 5.21. The molecule has 1 aromatic carbocycles. The van der Waals surface area contributed by atoms with Crippen LogP contribution in [0.4, 0.5) is 0 Å². The van der Waals surface area contributed by atoms with Gasteiger partial charge < -0.3 is 10.2 Å². The number of carbonyl (C=O) groups excluding carboxylic acids is 1. The van der Waals surface area contributed by atoms with Gasteiger partial charge in [0.25, 0.3) is 0 Å². The minimum absolute atomic E-state index is 0.262. The molecular formula is C15H22N2O. The Morgan fingerprint density at radius 1 is 1.39 bits per heavy atom. The van der Waals surface area contributed by atoms with E-state index in [1.807, 2.05) is 24.1 Å². The molecule has 1 atom stereocenters. The van der Waals surface area contributed by atoms with Gasteiger partial charge in [0.15, 0.2) is 0 Å². The summed E-state index contributed by atoms with van der Waals surface area (Å²) in [5.41, 5.74) is 2.35. The number of carbonyl (C=O) groups is 1. The topological polar surface area (TPSA) is 32.3 Å². The molecule has 1 fully saturated rings. The van der Waals surface area contributed by atoms with Gasteiger partial charge in [-0.15, -0.1) is 0 Å². The summed E-state index contributed by atoms with van der Waals surface area (Å²) < 4.78 is 0. The first kappa shape index (κ1) is 13.1. The fourth-order valence-corrected chi connectivity index (χ4v) is 2.51. The monoisotopic (exact) mass is 246 g/mol. The zero-order valence-corrected chi connectivity index (χ0v) is 11.3. The Morgan fingerprint density at radius 2 is 2.11 bits per heavy atom. The van der Waals surface area contributed by atoms with Gasteiger partial charge in [-0.25, -0.2) is 0 Å². The molecule has 0 aromatic heterocycles. The van der Waals surface area contributed by atoms with E-state index < -0.39 is 0 Å². The molecule has 3 nitrogen and oxygen atoms in total. The number of likely N-dealkylation sites (tertiary alicyclic amines) is 1. The van der Waals surface area contributed by atoms with E-state index in [1.54, 1.807) is 0 Å². The van der Waals surface area contributed by atoms with Crippen LogP contribution in [0.2, 0.25) is 0 Å². The van der Waals surface area contributed by atoms with Crippen LogP contribution in [0.5, 0.6) is 0 Å². The largest absolute Gasteiger partial charge is 0.342 e. The van der Waals surface area contributed by atoms with Crippen LogP contribution in [0.25, 0.3) is 0 Å². The van der Waals surface area contributed by atoms with Crippen molar-refractivity contribution >= 4 is 5.91 Å². The average Bonchev–Trinajstić information content (AvgIpc) is 2.81. The number of hydrogen-bond donors (Lipinski definition) is 1. The number of aryl methyl sites for hydroxylation is 1. The van der Waals surface area contributed by atoms with Crippen molar-refractivity contribution in [1.82, 2.24) is 10.2 Å². The van der Waals surface area contributed by atoms with E-state index in [1.165, 1.54) is 5.56 Å². The molecule has 1 aliphatic rings. The van der Waals surface area contributed by atoms with Crippen LogP contribution < -0.4 is 5.32 Å². The predicted molar refractivity (Wildman–Crippen MR) is 73.5 cm³/mol. The van der Waals surface area contributed by atoms with E-state index in [9.17, 15) is 4.79 Å². The summed E-state index contributed by atoms with van der Waals surface area (Å²) in [5.74, 6) is 0.884. The van der Waals surface area contributed by atoms with Gasteiger partial charge in [-0.1, -0.05) is 29.8 Å². The lowest BCUT2D eigenvalue weighted by molar-refractivity contribution is -0.129. The van der Waals surface area contributed by atoms with Crippen molar-refractivity contribution in [1.29, 1.82) is 0 Å². The molecule has 1 saturated heterocycles. The third-order valence-corrected chi connectivity index (χ3v) is 3.61. The van der Waals surface area contributed by atoms with Gasteiger partial charge in [0, 0.05) is 13.1 Å². The second-order valence-electron chi connectivity index (χ2n) is 5.21. The van der Waals surface area contributed by atoms with Crippen LogP contribution in [-0.4, -0.2) is 37.5 Å². The first-order chi connectivity index (χ1) is 8.69. The number of rotatable bonds is 4. The van der Waals surface area contributed by atoms with Crippen molar-refractivity contribution in [2.24, 2.45) is 5.92 Å². The molecule has 1 amide bonds. The summed E-state index contributed by atoms with van der Waals surface area (Å²) in [6.07, 6.45) is 1.66. The van der Waals surface area contributed by atoms with Crippen LogP contribution in [-0.2, 0) is 11.2 Å². The predicted octanol–water partition coefficient (Wildman–Crippen LogP) is 1.61. The first-order valence-electron chi connectivity index (χ1n) is 6.67. The molecular weight excluding hydrogens is 224 g/mol. The molecule has 18 heavy (non-hydrogen) atoms. The van der Waals surface area contributed by atoms with Gasteiger partial charge in [0.05, 0.1) is 6.42 Å². The maximum Gasteiger partial charge on any atom is 0.226 e. The molecule has 1 aromatic rings. The summed E-state index contributed by atoms with van der Waals surface area (Å²) in [7, 11) is 1.97. The maximum absolute atomic E-state index is 12.2. The molecule has 0 saturated carbocycles. The molecule has 0 unspecified atom stereocenters. The van der Waals surface area contributed by atoms with Crippen LogP contribution in [0.15, 0.2) is 24.3 Å². The number of hydrogen-bond acceptors (Lipinski definition) is 2. The Morgan fingerprint density at radius 3 is 2.78 bits per heavy atom. The van der Waals surface area contributed by atoms with E-state index in [-0.39, 0.29) is 5.91 Å². The van der Waals surface area contributed by atoms with Crippen molar-refractivity contribution in [3.05, 3.63) is 35.4 Å². The molecule has 0 spiro atoms. The van der Waals surface area contributed by atoms with E-state index in [4.69, 9.17) is 0 Å². The smallest absolute Gasteiger partial charge is 0.226 e. The SMILES string of the molecule is CNC[C@H]1CCN(C(=O)Cc2ccc(C)cc2)C1. The van der Waals surface area contributed by atoms with Gasteiger partial charge in [-0.2, -0.15) is 0 Å². The Kier molecular flexibility index (Phi) is 4.37. The van der Waals surface area contributed by atoms with Gasteiger partial charge in [0.1, 0.15) is 0 Å². The minimum atomic E-state index is 0.262. The number of nitrogens with zero attached hydrogens (tertiary/aromatic N) is 1. The highest BCUT2D eigenvalue weighted by Gasteiger charge is 2.25. The Balaban J connectivity index is 1.87. The van der Waals surface area contributed by atoms with E-state index in [2.05, 4.69) is 24.4 Å². The zero-order valence-electron chi connectivity index (χ0n) is 11.3. The van der Waals surface area contributed by atoms with E-state index in [0.29, 0.717) is 12.3 Å². The molecule has 98 valence electrons. The summed E-state index contributed by atoms with van der Waals surface area (Å²) in [6, 6.07) is 8.23. The standard InChI is InChI=1S/C15H22N2O/c1-12-3-5-13(6-4-12)9-15(18)17-8-7-14(11-17)10-16-2/h3-6,14,16H,7-11H2,1-2H3/t14-/m1/s1. The molecule has 1 aliphatic heterocycles. The molecule has 3 heteroatoms. The Labute approximate surface area is 109 Å². The lowest BCUT2D eigenvalue weighted by atomic mass is 10.1. The van der Waals surface area contributed by atoms with Crippen molar-refractivity contribution in [2.75, 3.05) is 26.7 Å². The fourth-order valence-electron chi connectivity index (χ4n) is 2.51. The summed E-state index contributed by atoms with van der Waals surface area (Å²) in [4.78, 5) is 14.2. The van der Waals surface area contributed by atoms with Crippen molar-refractivity contribution in [2.45, 2.75) is 19.8 Å². The molecule has 0 radical (unpaired) electrons. The Hall–Kier alpha value is -1.35. The zero-order chi connectivity index (χ0) is 13.0. The van der Waals surface area contributed by atoms with Crippen molar-refractivity contribution < 1.29 is 4.79 Å². The normalized spacial score (nSPS) is 19.2.